The Morgan fingerprint density at radius 3 is 2.69 bits per heavy atom. The molecule has 1 saturated heterocycles. The fraction of sp³-hybridized carbons (Fsp3) is 0.455. The first-order valence-corrected chi connectivity index (χ1v) is 10.5. The highest BCUT2D eigenvalue weighted by Gasteiger charge is 2.19. The first-order valence-electron chi connectivity index (χ1n) is 10.5. The van der Waals surface area contributed by atoms with Gasteiger partial charge in [0, 0.05) is 61.9 Å². The summed E-state index contributed by atoms with van der Waals surface area (Å²) in [6, 6.07) is 2.65. The van der Waals surface area contributed by atoms with Crippen LogP contribution in [0.15, 0.2) is 54.8 Å². The van der Waals surface area contributed by atoms with Gasteiger partial charge in [0.25, 0.3) is 0 Å². The quantitative estimate of drug-likeness (QED) is 0.735. The summed E-state index contributed by atoms with van der Waals surface area (Å²) in [6.07, 6.45) is 14.7. The molecule has 0 spiro atoms. The fourth-order valence-corrected chi connectivity index (χ4v) is 4.18. The van der Waals surface area contributed by atoms with Crippen LogP contribution in [0.1, 0.15) is 31.7 Å². The van der Waals surface area contributed by atoms with Gasteiger partial charge < -0.3 is 25.4 Å². The molecule has 4 rings (SSSR count). The van der Waals surface area contributed by atoms with Crippen LogP contribution in [0.3, 0.4) is 0 Å². The van der Waals surface area contributed by atoms with Crippen molar-refractivity contribution in [2.45, 2.75) is 31.7 Å². The molecular weight excluding hydrogens is 362 g/mol. The van der Waals surface area contributed by atoms with E-state index in [0.29, 0.717) is 12.0 Å². The molecule has 7 nitrogen and oxygen atoms in total. The summed E-state index contributed by atoms with van der Waals surface area (Å²) in [5, 5.41) is 4.30. The lowest BCUT2D eigenvalue weighted by molar-refractivity contribution is 0.190. The molecule has 2 aromatic rings. The molecule has 29 heavy (non-hydrogen) atoms. The first kappa shape index (κ1) is 19.5. The smallest absolute Gasteiger partial charge is 0.229 e. The summed E-state index contributed by atoms with van der Waals surface area (Å²) < 4.78 is 2.30. The average molecular weight is 394 g/mol. The van der Waals surface area contributed by atoms with Crippen molar-refractivity contribution in [3.05, 3.63) is 54.8 Å². The molecule has 2 aromatic heterocycles. The number of nitrogens with zero attached hydrogens (tertiary/aromatic N) is 5. The van der Waals surface area contributed by atoms with Crippen LogP contribution in [0.4, 0.5) is 5.95 Å². The first-order chi connectivity index (χ1) is 14.1. The maximum Gasteiger partial charge on any atom is 0.229 e. The van der Waals surface area contributed by atoms with Crippen LogP contribution in [0, 0.1) is 0 Å². The molecule has 2 fully saturated rings. The molecule has 0 radical (unpaired) electrons. The fourth-order valence-electron chi connectivity index (χ4n) is 4.18. The Morgan fingerprint density at radius 2 is 1.97 bits per heavy atom. The standard InChI is InChI=1S/C22H31N7/c1-17(7-8-20(15-23)28-13-11-27(2)12-14-28)25-22-24-16-18-9-10-29(21(18)26-22)19-5-3-4-6-19/h7-10,15-16,19H,1,3-6,11-14,23H2,2H3,(H,24,25,26)/b8-7-,20-15+. The second-order valence-electron chi connectivity index (χ2n) is 8.00. The van der Waals surface area contributed by atoms with Gasteiger partial charge in [-0.15, -0.1) is 0 Å². The van der Waals surface area contributed by atoms with Gasteiger partial charge in [0.2, 0.25) is 5.95 Å². The summed E-state index contributed by atoms with van der Waals surface area (Å²) in [5.74, 6) is 0.572. The third kappa shape index (κ3) is 4.45. The lowest BCUT2D eigenvalue weighted by atomic mass is 10.2. The number of allylic oxidation sites excluding steroid dienone is 2. The molecule has 3 N–H and O–H groups in total. The van der Waals surface area contributed by atoms with Gasteiger partial charge in [-0.3, -0.25) is 0 Å². The summed E-state index contributed by atoms with van der Waals surface area (Å²) in [4.78, 5) is 13.8. The zero-order valence-electron chi connectivity index (χ0n) is 17.2. The van der Waals surface area contributed by atoms with E-state index in [9.17, 15) is 0 Å². The molecule has 7 heteroatoms. The predicted molar refractivity (Wildman–Crippen MR) is 118 cm³/mol. The van der Waals surface area contributed by atoms with E-state index in [1.807, 2.05) is 18.3 Å². The number of anilines is 1. The number of hydrogen-bond donors (Lipinski definition) is 2. The Bertz CT molecular complexity index is 912. The van der Waals surface area contributed by atoms with E-state index in [0.717, 1.165) is 48.6 Å². The largest absolute Gasteiger partial charge is 0.403 e. The normalized spacial score (nSPS) is 19.5. The zero-order valence-corrected chi connectivity index (χ0v) is 17.2. The van der Waals surface area contributed by atoms with Crippen LogP contribution in [0.5, 0.6) is 0 Å². The predicted octanol–water partition coefficient (Wildman–Crippen LogP) is 3.08. The number of nitrogens with one attached hydrogen (secondary N) is 1. The van der Waals surface area contributed by atoms with Gasteiger partial charge in [-0.2, -0.15) is 4.98 Å². The van der Waals surface area contributed by atoms with E-state index in [1.165, 1.54) is 25.7 Å². The number of nitrogens with two attached hydrogens (primary N) is 1. The Balaban J connectivity index is 1.43. The third-order valence-electron chi connectivity index (χ3n) is 5.94. The number of aromatic nitrogens is 3. The van der Waals surface area contributed by atoms with Crippen molar-refractivity contribution in [3.8, 4) is 0 Å². The van der Waals surface area contributed by atoms with Gasteiger partial charge in [0.1, 0.15) is 5.65 Å². The van der Waals surface area contributed by atoms with E-state index in [1.54, 1.807) is 6.20 Å². The topological polar surface area (TPSA) is 75.2 Å². The van der Waals surface area contributed by atoms with Crippen molar-refractivity contribution in [3.63, 3.8) is 0 Å². The summed E-state index contributed by atoms with van der Waals surface area (Å²) >= 11 is 0. The van der Waals surface area contributed by atoms with Crippen molar-refractivity contribution < 1.29 is 0 Å². The van der Waals surface area contributed by atoms with Crippen molar-refractivity contribution in [1.29, 1.82) is 0 Å². The maximum absolute atomic E-state index is 5.86. The molecular formula is C22H31N7. The van der Waals surface area contributed by atoms with E-state index in [-0.39, 0.29) is 0 Å². The number of piperazine rings is 1. The molecule has 0 aromatic carbocycles. The molecule has 0 unspecified atom stereocenters. The Morgan fingerprint density at radius 1 is 1.21 bits per heavy atom. The SMILES string of the molecule is C=C(/C=C\C(=C/N)N1CCN(C)CC1)Nc1ncc2ccn(C3CCCC3)c2n1. The lowest BCUT2D eigenvalue weighted by Gasteiger charge is -2.34. The van der Waals surface area contributed by atoms with E-state index >= 15 is 0 Å². The Hall–Kier alpha value is -2.80. The molecule has 0 atom stereocenters. The molecule has 1 aliphatic heterocycles. The van der Waals surface area contributed by atoms with Crippen LogP contribution in [-0.2, 0) is 0 Å². The van der Waals surface area contributed by atoms with Crippen molar-refractivity contribution in [2.24, 2.45) is 5.73 Å². The second kappa shape index (κ2) is 8.69. The number of hydrogen-bond acceptors (Lipinski definition) is 6. The van der Waals surface area contributed by atoms with Gasteiger partial charge in [-0.05, 0) is 38.1 Å². The Labute approximate surface area is 172 Å². The van der Waals surface area contributed by atoms with Crippen molar-refractivity contribution >= 4 is 17.0 Å². The van der Waals surface area contributed by atoms with Crippen LogP contribution < -0.4 is 11.1 Å². The summed E-state index contributed by atoms with van der Waals surface area (Å²) in [6.45, 7) is 8.13. The maximum atomic E-state index is 5.86. The highest BCUT2D eigenvalue weighted by molar-refractivity contribution is 5.76. The van der Waals surface area contributed by atoms with Gasteiger partial charge in [-0.1, -0.05) is 19.4 Å². The van der Waals surface area contributed by atoms with Crippen molar-refractivity contribution in [2.75, 3.05) is 38.5 Å². The molecule has 2 aliphatic rings. The highest BCUT2D eigenvalue weighted by atomic mass is 15.3. The monoisotopic (exact) mass is 393 g/mol. The van der Waals surface area contributed by atoms with Crippen LogP contribution in [0.25, 0.3) is 11.0 Å². The van der Waals surface area contributed by atoms with Crippen LogP contribution in [0.2, 0.25) is 0 Å². The van der Waals surface area contributed by atoms with Crippen LogP contribution >= 0.6 is 0 Å². The number of likely N-dealkylation sites (N-methyl/N-ethyl adjacent to an activating group) is 1. The number of fused-ring (bicyclic) bond motifs is 1. The highest BCUT2D eigenvalue weighted by Crippen LogP contribution is 2.32. The third-order valence-corrected chi connectivity index (χ3v) is 5.94. The van der Waals surface area contributed by atoms with E-state index in [2.05, 4.69) is 50.6 Å². The van der Waals surface area contributed by atoms with Gasteiger partial charge in [0.05, 0.1) is 5.70 Å². The lowest BCUT2D eigenvalue weighted by Crippen LogP contribution is -2.43. The minimum atomic E-state index is 0.555. The molecule has 0 bridgehead atoms. The van der Waals surface area contributed by atoms with Gasteiger partial charge in [-0.25, -0.2) is 4.98 Å². The summed E-state index contributed by atoms with van der Waals surface area (Å²) in [5.41, 5.74) is 8.59. The van der Waals surface area contributed by atoms with E-state index in [4.69, 9.17) is 10.7 Å². The van der Waals surface area contributed by atoms with Gasteiger partial charge in [0.15, 0.2) is 0 Å². The summed E-state index contributed by atoms with van der Waals surface area (Å²) in [7, 11) is 2.14. The molecule has 1 saturated carbocycles. The average Bonchev–Trinajstić information content (AvgIpc) is 3.39. The molecule has 1 aliphatic carbocycles. The Kier molecular flexibility index (Phi) is 5.85. The zero-order chi connectivity index (χ0) is 20.2. The van der Waals surface area contributed by atoms with E-state index < -0.39 is 0 Å². The second-order valence-corrected chi connectivity index (χ2v) is 8.00. The van der Waals surface area contributed by atoms with Crippen molar-refractivity contribution in [1.82, 2.24) is 24.3 Å². The van der Waals surface area contributed by atoms with Crippen LogP contribution in [-0.4, -0.2) is 57.6 Å². The molecule has 3 heterocycles. The van der Waals surface area contributed by atoms with Gasteiger partial charge >= 0.3 is 0 Å². The molecule has 154 valence electrons. The minimum absolute atomic E-state index is 0.555. The minimum Gasteiger partial charge on any atom is -0.403 e. The molecule has 0 amide bonds. The number of rotatable bonds is 6.